The van der Waals surface area contributed by atoms with E-state index < -0.39 is 0 Å². The molecule has 0 unspecified atom stereocenters. The van der Waals surface area contributed by atoms with E-state index in [-0.39, 0.29) is 11.9 Å². The van der Waals surface area contributed by atoms with Crippen LogP contribution >= 0.6 is 0 Å². The second-order valence-corrected chi connectivity index (χ2v) is 5.65. The Bertz CT molecular complexity index is 552. The van der Waals surface area contributed by atoms with Gasteiger partial charge in [-0.1, -0.05) is 0 Å². The van der Waals surface area contributed by atoms with E-state index in [0.29, 0.717) is 18.3 Å². The third-order valence-electron chi connectivity index (χ3n) is 3.84. The Morgan fingerprint density at radius 2 is 2.09 bits per heavy atom. The molecule has 6 nitrogen and oxygen atoms in total. The van der Waals surface area contributed by atoms with E-state index in [2.05, 4.69) is 0 Å². The zero-order chi connectivity index (χ0) is 16.1. The van der Waals surface area contributed by atoms with Gasteiger partial charge in [0, 0.05) is 20.0 Å². The fourth-order valence-electron chi connectivity index (χ4n) is 2.56. The van der Waals surface area contributed by atoms with E-state index in [0.717, 1.165) is 37.2 Å². The summed E-state index contributed by atoms with van der Waals surface area (Å²) in [6.07, 6.45) is 1.95. The average molecular weight is 305 g/mol. The first-order chi connectivity index (χ1) is 10.5. The van der Waals surface area contributed by atoms with Gasteiger partial charge in [0.2, 0.25) is 0 Å². The molecule has 0 amide bonds. The Morgan fingerprint density at radius 3 is 2.64 bits per heavy atom. The van der Waals surface area contributed by atoms with Crippen molar-refractivity contribution in [1.29, 1.82) is 5.41 Å². The molecule has 1 aromatic carbocycles. The summed E-state index contributed by atoms with van der Waals surface area (Å²) in [5.41, 5.74) is 6.43. The van der Waals surface area contributed by atoms with Crippen molar-refractivity contribution in [3.63, 3.8) is 0 Å². The van der Waals surface area contributed by atoms with Gasteiger partial charge < -0.3 is 20.1 Å². The summed E-state index contributed by atoms with van der Waals surface area (Å²) in [4.78, 5) is 12.8. The van der Waals surface area contributed by atoms with Crippen LogP contribution < -0.4 is 15.2 Å². The number of benzene rings is 1. The zero-order valence-electron chi connectivity index (χ0n) is 13.1. The van der Waals surface area contributed by atoms with E-state index >= 15 is 0 Å². The summed E-state index contributed by atoms with van der Waals surface area (Å²) in [5, 5.41) is 7.42. The smallest absolute Gasteiger partial charge is 0.308 e. The van der Waals surface area contributed by atoms with Crippen molar-refractivity contribution in [2.75, 3.05) is 19.7 Å². The first kappa shape index (κ1) is 16.1. The molecule has 3 N–H and O–H groups in total. The Labute approximate surface area is 130 Å². The van der Waals surface area contributed by atoms with Crippen LogP contribution in [-0.4, -0.2) is 36.5 Å². The largest absolute Gasteiger partial charge is 0.493 e. The third kappa shape index (κ3) is 4.38. The van der Waals surface area contributed by atoms with Crippen LogP contribution in [0.15, 0.2) is 18.2 Å². The highest BCUT2D eigenvalue weighted by molar-refractivity contribution is 5.74. The third-order valence-corrected chi connectivity index (χ3v) is 3.84. The van der Waals surface area contributed by atoms with E-state index in [4.69, 9.17) is 20.6 Å². The molecule has 0 atom stereocenters. The molecule has 0 radical (unpaired) electrons. The van der Waals surface area contributed by atoms with Crippen LogP contribution in [-0.2, 0) is 4.79 Å². The van der Waals surface area contributed by atoms with Crippen molar-refractivity contribution in [3.8, 4) is 11.5 Å². The predicted octanol–water partition coefficient (Wildman–Crippen LogP) is 1.90. The SMILES string of the molecule is CC(=O)Oc1ccc(OCC2CCN(C(=N)N)CC2)c(C)c1. The second kappa shape index (κ2) is 7.15. The first-order valence-electron chi connectivity index (χ1n) is 7.46. The standard InChI is InChI=1S/C16H23N3O3/c1-11-9-14(22-12(2)20)3-4-15(11)21-10-13-5-7-19(8-6-13)16(17)18/h3-4,9,13H,5-8,10H2,1-2H3,(H3,17,18). The lowest BCUT2D eigenvalue weighted by Gasteiger charge is -2.32. The molecule has 1 fully saturated rings. The number of nitrogens with one attached hydrogen (secondary N) is 1. The minimum Gasteiger partial charge on any atom is -0.493 e. The zero-order valence-corrected chi connectivity index (χ0v) is 13.1. The monoisotopic (exact) mass is 305 g/mol. The molecule has 0 saturated carbocycles. The van der Waals surface area contributed by atoms with E-state index in [1.165, 1.54) is 6.92 Å². The van der Waals surface area contributed by atoms with Gasteiger partial charge in [-0.15, -0.1) is 0 Å². The summed E-state index contributed by atoms with van der Waals surface area (Å²) >= 11 is 0. The maximum Gasteiger partial charge on any atom is 0.308 e. The molecule has 2 rings (SSSR count). The maximum absolute atomic E-state index is 10.9. The number of nitrogens with two attached hydrogens (primary N) is 1. The van der Waals surface area contributed by atoms with Crippen molar-refractivity contribution < 1.29 is 14.3 Å². The van der Waals surface area contributed by atoms with Gasteiger partial charge in [0.05, 0.1) is 6.61 Å². The Morgan fingerprint density at radius 1 is 1.41 bits per heavy atom. The summed E-state index contributed by atoms with van der Waals surface area (Å²) in [6.45, 7) is 5.59. The van der Waals surface area contributed by atoms with Crippen LogP contribution in [0.25, 0.3) is 0 Å². The number of ether oxygens (including phenoxy) is 2. The lowest BCUT2D eigenvalue weighted by molar-refractivity contribution is -0.131. The molecule has 1 aliphatic heterocycles. The number of nitrogens with zero attached hydrogens (tertiary/aromatic N) is 1. The highest BCUT2D eigenvalue weighted by Gasteiger charge is 2.20. The lowest BCUT2D eigenvalue weighted by Crippen LogP contribution is -2.43. The van der Waals surface area contributed by atoms with E-state index in [9.17, 15) is 4.79 Å². The molecular weight excluding hydrogens is 282 g/mol. The number of likely N-dealkylation sites (tertiary alicyclic amines) is 1. The molecule has 6 heteroatoms. The van der Waals surface area contributed by atoms with E-state index in [1.807, 2.05) is 17.9 Å². The van der Waals surface area contributed by atoms with Gasteiger partial charge in [-0.25, -0.2) is 0 Å². The van der Waals surface area contributed by atoms with Crippen LogP contribution in [0.3, 0.4) is 0 Å². The van der Waals surface area contributed by atoms with Gasteiger partial charge in [0.1, 0.15) is 11.5 Å². The van der Waals surface area contributed by atoms with Gasteiger partial charge in [0.25, 0.3) is 0 Å². The highest BCUT2D eigenvalue weighted by Crippen LogP contribution is 2.25. The van der Waals surface area contributed by atoms with Crippen LogP contribution in [0, 0.1) is 18.3 Å². The number of carbonyl (C=O) groups is 1. The molecule has 0 aliphatic carbocycles. The number of hydrogen-bond acceptors (Lipinski definition) is 4. The van der Waals surface area contributed by atoms with Gasteiger partial charge >= 0.3 is 5.97 Å². The molecule has 1 heterocycles. The number of aryl methyl sites for hydroxylation is 1. The lowest BCUT2D eigenvalue weighted by atomic mass is 9.98. The van der Waals surface area contributed by atoms with Crippen LogP contribution in [0.4, 0.5) is 0 Å². The molecule has 1 aromatic rings. The van der Waals surface area contributed by atoms with Gasteiger partial charge in [-0.05, 0) is 49.4 Å². The molecule has 0 spiro atoms. The Balaban J connectivity index is 1.84. The minimum atomic E-state index is -0.328. The number of carbonyl (C=O) groups excluding carboxylic acids is 1. The number of rotatable bonds is 4. The van der Waals surface area contributed by atoms with Gasteiger partial charge in [-0.3, -0.25) is 10.2 Å². The quantitative estimate of drug-likeness (QED) is 0.384. The fraction of sp³-hybridized carbons (Fsp3) is 0.500. The van der Waals surface area contributed by atoms with E-state index in [1.54, 1.807) is 12.1 Å². The topological polar surface area (TPSA) is 88.6 Å². The predicted molar refractivity (Wildman–Crippen MR) is 84.2 cm³/mol. The maximum atomic E-state index is 10.9. The van der Waals surface area contributed by atoms with Crippen LogP contribution in [0.1, 0.15) is 25.3 Å². The van der Waals surface area contributed by atoms with Crippen LogP contribution in [0.2, 0.25) is 0 Å². The number of hydrogen-bond donors (Lipinski definition) is 2. The van der Waals surface area contributed by atoms with Gasteiger partial charge in [0.15, 0.2) is 5.96 Å². The summed E-state index contributed by atoms with van der Waals surface area (Å²) < 4.78 is 10.9. The second-order valence-electron chi connectivity index (χ2n) is 5.65. The van der Waals surface area contributed by atoms with Crippen molar-refractivity contribution in [1.82, 2.24) is 4.90 Å². The fourth-order valence-corrected chi connectivity index (χ4v) is 2.56. The summed E-state index contributed by atoms with van der Waals surface area (Å²) in [6, 6.07) is 5.37. The molecule has 22 heavy (non-hydrogen) atoms. The minimum absolute atomic E-state index is 0.149. The summed E-state index contributed by atoms with van der Waals surface area (Å²) in [7, 11) is 0. The highest BCUT2D eigenvalue weighted by atomic mass is 16.5. The Hall–Kier alpha value is -2.24. The number of esters is 1. The average Bonchev–Trinajstić information content (AvgIpc) is 2.46. The van der Waals surface area contributed by atoms with Crippen molar-refractivity contribution in [2.24, 2.45) is 11.7 Å². The van der Waals surface area contributed by atoms with Gasteiger partial charge in [-0.2, -0.15) is 0 Å². The molecule has 0 bridgehead atoms. The van der Waals surface area contributed by atoms with Crippen LogP contribution in [0.5, 0.6) is 11.5 Å². The number of guanidine groups is 1. The Kier molecular flexibility index (Phi) is 5.25. The molecule has 120 valence electrons. The number of piperidine rings is 1. The molecule has 1 aliphatic rings. The van der Waals surface area contributed by atoms with Crippen molar-refractivity contribution in [2.45, 2.75) is 26.7 Å². The molecule has 0 aromatic heterocycles. The normalized spacial score (nSPS) is 15.5. The molecule has 1 saturated heterocycles. The first-order valence-corrected chi connectivity index (χ1v) is 7.46. The van der Waals surface area contributed by atoms with Crippen molar-refractivity contribution >= 4 is 11.9 Å². The summed E-state index contributed by atoms with van der Waals surface area (Å²) in [5.74, 6) is 1.64. The van der Waals surface area contributed by atoms with Crippen molar-refractivity contribution in [3.05, 3.63) is 23.8 Å². The molecular formula is C16H23N3O3.